The van der Waals surface area contributed by atoms with E-state index in [1.165, 1.54) is 0 Å². The number of carbonyl (C=O) groups excluding carboxylic acids is 3. The highest BCUT2D eigenvalue weighted by atomic mass is 35.5. The summed E-state index contributed by atoms with van der Waals surface area (Å²) in [6.45, 7) is 3.46. The Morgan fingerprint density at radius 3 is 2.37 bits per heavy atom. The van der Waals surface area contributed by atoms with E-state index in [4.69, 9.17) is 11.6 Å². The summed E-state index contributed by atoms with van der Waals surface area (Å²) < 4.78 is 0. The number of urea groups is 1. The Balaban J connectivity index is 1.19. The number of carbonyl (C=O) groups is 3. The zero-order valence-electron chi connectivity index (χ0n) is 20.0. The molecule has 3 fully saturated rings. The van der Waals surface area contributed by atoms with E-state index >= 15 is 0 Å². The average Bonchev–Trinajstić information content (AvgIpc) is 3.57. The van der Waals surface area contributed by atoms with Crippen LogP contribution in [0, 0.1) is 5.92 Å². The Hall–Kier alpha value is -2.98. The number of hydrazine groups is 1. The third-order valence-electron chi connectivity index (χ3n) is 7.27. The molecule has 0 aromatic heterocycles. The first-order chi connectivity index (χ1) is 16.9. The standard InChI is InChI=1S/C24H32ClN7O3/c1-28-14-20-22(33)32(16-30(20)15-28)31-12-10-29(11-13-31)23(34)21(17-4-2-3-5-17)27-24(35)26-19-8-6-18(25)7-9-19/h6-9,14,17,21H,2-5,10-13,15-16H2,1H3,(H2,26,27,35). The summed E-state index contributed by atoms with van der Waals surface area (Å²) in [6.07, 6.45) is 5.89. The molecule has 2 N–H and O–H groups in total. The monoisotopic (exact) mass is 501 g/mol. The molecule has 1 unspecified atom stereocenters. The van der Waals surface area contributed by atoms with Gasteiger partial charge in [-0.2, -0.15) is 0 Å². The summed E-state index contributed by atoms with van der Waals surface area (Å²) in [5.74, 6) is 0.103. The van der Waals surface area contributed by atoms with Gasteiger partial charge >= 0.3 is 6.03 Å². The van der Waals surface area contributed by atoms with Crippen LogP contribution < -0.4 is 10.6 Å². The van der Waals surface area contributed by atoms with Gasteiger partial charge in [0, 0.05) is 50.1 Å². The molecule has 4 amide bonds. The number of fused-ring (bicyclic) bond motifs is 1. The van der Waals surface area contributed by atoms with Gasteiger partial charge in [0.2, 0.25) is 5.91 Å². The third kappa shape index (κ3) is 5.04. The Labute approximate surface area is 210 Å². The number of piperazine rings is 1. The number of amides is 4. The molecule has 1 aliphatic carbocycles. The van der Waals surface area contributed by atoms with Gasteiger partial charge < -0.3 is 25.3 Å². The van der Waals surface area contributed by atoms with E-state index in [0.29, 0.717) is 50.2 Å². The van der Waals surface area contributed by atoms with Crippen molar-refractivity contribution in [3.05, 3.63) is 41.2 Å². The molecule has 1 saturated carbocycles. The van der Waals surface area contributed by atoms with E-state index in [9.17, 15) is 14.4 Å². The van der Waals surface area contributed by atoms with Crippen molar-refractivity contribution >= 4 is 35.1 Å². The number of halogens is 1. The smallest absolute Gasteiger partial charge is 0.319 e. The highest BCUT2D eigenvalue weighted by Crippen LogP contribution is 2.30. The molecule has 188 valence electrons. The third-order valence-corrected chi connectivity index (χ3v) is 7.52. The van der Waals surface area contributed by atoms with Gasteiger partial charge in [0.25, 0.3) is 5.91 Å². The van der Waals surface area contributed by atoms with Crippen molar-refractivity contribution in [3.8, 4) is 0 Å². The fourth-order valence-electron chi connectivity index (χ4n) is 5.43. The Kier molecular flexibility index (Phi) is 6.75. The van der Waals surface area contributed by atoms with E-state index in [1.807, 2.05) is 28.1 Å². The Morgan fingerprint density at radius 1 is 1.03 bits per heavy atom. The molecule has 4 aliphatic rings. The highest BCUT2D eigenvalue weighted by Gasteiger charge is 2.41. The first kappa shape index (κ1) is 23.7. The number of hydrogen-bond donors (Lipinski definition) is 2. The normalized spacial score (nSPS) is 21.9. The molecule has 1 aromatic carbocycles. The van der Waals surface area contributed by atoms with Crippen LogP contribution in [0.3, 0.4) is 0 Å². The van der Waals surface area contributed by atoms with Crippen molar-refractivity contribution in [2.45, 2.75) is 31.7 Å². The van der Waals surface area contributed by atoms with Crippen LogP contribution in [0.5, 0.6) is 0 Å². The van der Waals surface area contributed by atoms with Crippen LogP contribution in [0.25, 0.3) is 0 Å². The van der Waals surface area contributed by atoms with E-state index in [0.717, 1.165) is 31.4 Å². The zero-order chi connectivity index (χ0) is 24.5. The predicted octanol–water partition coefficient (Wildman–Crippen LogP) is 1.93. The SMILES string of the molecule is CN1C=C2C(=O)N(N3CCN(C(=O)C(NC(=O)Nc4ccc(Cl)cc4)C4CCCC4)CC3)CN2C1. The van der Waals surface area contributed by atoms with E-state index in [-0.39, 0.29) is 17.7 Å². The van der Waals surface area contributed by atoms with Crippen molar-refractivity contribution in [1.29, 1.82) is 0 Å². The minimum Gasteiger partial charge on any atom is -0.361 e. The molecular formula is C24H32ClN7O3. The molecule has 1 atom stereocenters. The lowest BCUT2D eigenvalue weighted by Gasteiger charge is -2.40. The van der Waals surface area contributed by atoms with E-state index < -0.39 is 12.1 Å². The summed E-state index contributed by atoms with van der Waals surface area (Å²) >= 11 is 5.93. The molecule has 3 aliphatic heterocycles. The highest BCUT2D eigenvalue weighted by molar-refractivity contribution is 6.30. The lowest BCUT2D eigenvalue weighted by molar-refractivity contribution is -0.149. The van der Waals surface area contributed by atoms with Gasteiger partial charge in [0.1, 0.15) is 18.4 Å². The van der Waals surface area contributed by atoms with Crippen LogP contribution in [0.1, 0.15) is 25.7 Å². The van der Waals surface area contributed by atoms with E-state index in [2.05, 4.69) is 15.5 Å². The van der Waals surface area contributed by atoms with Crippen LogP contribution in [0.15, 0.2) is 36.2 Å². The van der Waals surface area contributed by atoms with Gasteiger partial charge in [0.05, 0.1) is 6.67 Å². The number of benzene rings is 1. The molecule has 11 heteroatoms. The molecule has 0 radical (unpaired) electrons. The van der Waals surface area contributed by atoms with Crippen molar-refractivity contribution in [2.75, 3.05) is 51.9 Å². The molecule has 35 heavy (non-hydrogen) atoms. The van der Waals surface area contributed by atoms with Gasteiger partial charge in [-0.25, -0.2) is 14.8 Å². The number of anilines is 1. The first-order valence-corrected chi connectivity index (χ1v) is 12.6. The lowest BCUT2D eigenvalue weighted by atomic mass is 9.96. The molecule has 1 aromatic rings. The zero-order valence-corrected chi connectivity index (χ0v) is 20.7. The van der Waals surface area contributed by atoms with Crippen LogP contribution in [0.2, 0.25) is 5.02 Å². The molecule has 5 rings (SSSR count). The van der Waals surface area contributed by atoms with Crippen molar-refractivity contribution in [3.63, 3.8) is 0 Å². The number of nitrogens with zero attached hydrogens (tertiary/aromatic N) is 5. The fraction of sp³-hybridized carbons (Fsp3) is 0.542. The van der Waals surface area contributed by atoms with Crippen molar-refractivity contribution < 1.29 is 14.4 Å². The second-order valence-corrected chi connectivity index (χ2v) is 10.1. The van der Waals surface area contributed by atoms with Crippen LogP contribution >= 0.6 is 11.6 Å². The largest absolute Gasteiger partial charge is 0.361 e. The molecule has 2 saturated heterocycles. The van der Waals surface area contributed by atoms with Gasteiger partial charge in [0.15, 0.2) is 0 Å². The van der Waals surface area contributed by atoms with Crippen LogP contribution in [-0.4, -0.2) is 95.2 Å². The topological polar surface area (TPSA) is 91.5 Å². The van der Waals surface area contributed by atoms with E-state index in [1.54, 1.807) is 29.3 Å². The van der Waals surface area contributed by atoms with Gasteiger partial charge in [-0.1, -0.05) is 24.4 Å². The maximum absolute atomic E-state index is 13.5. The minimum absolute atomic E-state index is 0.0125. The van der Waals surface area contributed by atoms with Crippen molar-refractivity contribution in [1.82, 2.24) is 30.0 Å². The molecular weight excluding hydrogens is 470 g/mol. The first-order valence-electron chi connectivity index (χ1n) is 12.2. The molecule has 10 nitrogen and oxygen atoms in total. The predicted molar refractivity (Wildman–Crippen MR) is 132 cm³/mol. The maximum atomic E-state index is 13.5. The summed E-state index contributed by atoms with van der Waals surface area (Å²) in [4.78, 5) is 45.0. The summed E-state index contributed by atoms with van der Waals surface area (Å²) in [6, 6.07) is 5.92. The molecule has 0 bridgehead atoms. The number of rotatable bonds is 5. The second kappa shape index (κ2) is 9.94. The quantitative estimate of drug-likeness (QED) is 0.640. The maximum Gasteiger partial charge on any atom is 0.319 e. The minimum atomic E-state index is -0.559. The summed E-state index contributed by atoms with van der Waals surface area (Å²) in [5.41, 5.74) is 1.35. The average molecular weight is 502 g/mol. The fourth-order valence-corrected chi connectivity index (χ4v) is 5.56. The number of nitrogens with one attached hydrogen (secondary N) is 2. The molecule has 3 heterocycles. The summed E-state index contributed by atoms with van der Waals surface area (Å²) in [7, 11) is 1.96. The van der Waals surface area contributed by atoms with Gasteiger partial charge in [-0.15, -0.1) is 0 Å². The van der Waals surface area contributed by atoms with Gasteiger partial charge in [-0.05, 0) is 43.0 Å². The van der Waals surface area contributed by atoms with Gasteiger partial charge in [-0.3, -0.25) is 9.59 Å². The second-order valence-electron chi connectivity index (χ2n) is 9.71. The van der Waals surface area contributed by atoms with Crippen LogP contribution in [-0.2, 0) is 9.59 Å². The van der Waals surface area contributed by atoms with Crippen molar-refractivity contribution in [2.24, 2.45) is 5.92 Å². The molecule has 0 spiro atoms. The van der Waals surface area contributed by atoms with Crippen LogP contribution in [0.4, 0.5) is 10.5 Å². The lowest BCUT2D eigenvalue weighted by Crippen LogP contribution is -2.60. The Morgan fingerprint density at radius 2 is 1.71 bits per heavy atom. The number of hydrogen-bond acceptors (Lipinski definition) is 6. The summed E-state index contributed by atoms with van der Waals surface area (Å²) in [5, 5.41) is 10.2. The Bertz CT molecular complexity index is 1000.